The Bertz CT molecular complexity index is 1600. The van der Waals surface area contributed by atoms with Gasteiger partial charge >= 0.3 is 0 Å². The van der Waals surface area contributed by atoms with Crippen LogP contribution in [0, 0.1) is 20.8 Å². The van der Waals surface area contributed by atoms with Crippen molar-refractivity contribution in [1.29, 1.82) is 0 Å². The van der Waals surface area contributed by atoms with Crippen molar-refractivity contribution in [2.75, 3.05) is 10.8 Å². The number of anilines is 1. The van der Waals surface area contributed by atoms with Crippen LogP contribution >= 0.6 is 23.2 Å². The normalized spacial score (nSPS) is 11.6. The Morgan fingerprint density at radius 2 is 1.66 bits per heavy atom. The number of aryl methyl sites for hydroxylation is 2. The number of aromatic nitrogens is 1. The topological polar surface area (TPSA) is 83.8 Å². The Morgan fingerprint density at radius 1 is 0.974 bits per heavy atom. The minimum Gasteiger partial charge on any atom is -0.316 e. The third kappa shape index (κ3) is 5.78. The van der Waals surface area contributed by atoms with E-state index in [4.69, 9.17) is 23.2 Å². The van der Waals surface area contributed by atoms with Crippen LogP contribution in [0.25, 0.3) is 5.69 Å². The first-order valence-corrected chi connectivity index (χ1v) is 13.9. The van der Waals surface area contributed by atoms with Crippen LogP contribution in [0.3, 0.4) is 0 Å². The molecule has 0 unspecified atom stereocenters. The zero-order chi connectivity index (χ0) is 27.4. The third-order valence-corrected chi connectivity index (χ3v) is 8.57. The van der Waals surface area contributed by atoms with E-state index in [9.17, 15) is 13.2 Å². The number of hydrogen-bond donors (Lipinski definition) is 1. The van der Waals surface area contributed by atoms with Gasteiger partial charge in [-0.15, -0.1) is 0 Å². The summed E-state index contributed by atoms with van der Waals surface area (Å²) >= 11 is 12.6. The average Bonchev–Trinajstić information content (AvgIpc) is 3.17. The van der Waals surface area contributed by atoms with Gasteiger partial charge in [-0.2, -0.15) is 5.10 Å². The van der Waals surface area contributed by atoms with Crippen molar-refractivity contribution in [3.05, 3.63) is 111 Å². The lowest BCUT2D eigenvalue weighted by atomic mass is 10.2. The molecule has 0 fully saturated rings. The number of halogens is 2. The van der Waals surface area contributed by atoms with Crippen molar-refractivity contribution in [2.24, 2.45) is 5.10 Å². The quantitative estimate of drug-likeness (QED) is 0.207. The van der Waals surface area contributed by atoms with Crippen molar-refractivity contribution >= 4 is 51.0 Å². The van der Waals surface area contributed by atoms with E-state index in [0.29, 0.717) is 15.7 Å². The number of amides is 1. The molecule has 10 heteroatoms. The first-order chi connectivity index (χ1) is 18.1. The molecule has 38 heavy (non-hydrogen) atoms. The van der Waals surface area contributed by atoms with Gasteiger partial charge in [0, 0.05) is 17.0 Å². The summed E-state index contributed by atoms with van der Waals surface area (Å²) in [6, 6.07) is 22.3. The van der Waals surface area contributed by atoms with Gasteiger partial charge < -0.3 is 4.57 Å². The predicted octanol–water partition coefficient (Wildman–Crippen LogP) is 6.05. The monoisotopic (exact) mass is 568 g/mol. The van der Waals surface area contributed by atoms with E-state index in [0.717, 1.165) is 32.5 Å². The Hall–Kier alpha value is -3.59. The van der Waals surface area contributed by atoms with Crippen molar-refractivity contribution in [2.45, 2.75) is 25.7 Å². The highest BCUT2D eigenvalue weighted by Gasteiger charge is 2.27. The summed E-state index contributed by atoms with van der Waals surface area (Å²) < 4.78 is 29.9. The number of carbonyl (C=O) groups excluding carboxylic acids is 1. The molecule has 3 aromatic carbocycles. The maximum atomic E-state index is 13.4. The molecule has 0 bridgehead atoms. The molecule has 0 aliphatic rings. The summed E-state index contributed by atoms with van der Waals surface area (Å²) in [5, 5.41) is 4.97. The molecule has 1 aromatic heterocycles. The maximum absolute atomic E-state index is 13.4. The SMILES string of the molecule is Cc1ccc(S(=O)(=O)N(CC(=O)N/N=C/c2cc(C)n(-c3cccc(Cl)c3Cl)c2C)c2ccccc2)cc1. The molecule has 4 aromatic rings. The van der Waals surface area contributed by atoms with Crippen LogP contribution in [0.2, 0.25) is 10.0 Å². The number of nitrogens with zero attached hydrogens (tertiary/aromatic N) is 3. The number of hydrazone groups is 1. The number of carbonyl (C=O) groups is 1. The van der Waals surface area contributed by atoms with Crippen molar-refractivity contribution in [3.8, 4) is 5.69 Å². The first kappa shape index (κ1) is 27.4. The van der Waals surface area contributed by atoms with E-state index in [1.54, 1.807) is 48.5 Å². The van der Waals surface area contributed by atoms with Crippen molar-refractivity contribution in [3.63, 3.8) is 0 Å². The molecule has 196 valence electrons. The summed E-state index contributed by atoms with van der Waals surface area (Å²) in [5.41, 5.74) is 6.98. The fraction of sp³-hybridized carbons (Fsp3) is 0.143. The van der Waals surface area contributed by atoms with Crippen LogP contribution in [-0.2, 0) is 14.8 Å². The highest BCUT2D eigenvalue weighted by atomic mass is 35.5. The van der Waals surface area contributed by atoms with Crippen LogP contribution in [0.1, 0.15) is 22.5 Å². The Kier molecular flexibility index (Phi) is 8.26. The largest absolute Gasteiger partial charge is 0.316 e. The second kappa shape index (κ2) is 11.4. The second-order valence-corrected chi connectivity index (χ2v) is 11.3. The lowest BCUT2D eigenvalue weighted by Crippen LogP contribution is -2.39. The lowest BCUT2D eigenvalue weighted by molar-refractivity contribution is -0.119. The number of para-hydroxylation sites is 1. The zero-order valence-corrected chi connectivity index (χ0v) is 23.3. The predicted molar refractivity (Wildman–Crippen MR) is 153 cm³/mol. The molecular weight excluding hydrogens is 543 g/mol. The number of sulfonamides is 1. The summed E-state index contributed by atoms with van der Waals surface area (Å²) in [7, 11) is -4.00. The Morgan fingerprint density at radius 3 is 2.34 bits per heavy atom. The Balaban J connectivity index is 1.55. The minimum atomic E-state index is -4.00. The molecule has 1 amide bonds. The molecule has 7 nitrogen and oxygen atoms in total. The van der Waals surface area contributed by atoms with Gasteiger partial charge in [0.15, 0.2) is 0 Å². The molecule has 1 N–H and O–H groups in total. The van der Waals surface area contributed by atoms with Crippen molar-refractivity contribution < 1.29 is 13.2 Å². The molecule has 0 saturated heterocycles. The van der Waals surface area contributed by atoms with Crippen LogP contribution in [0.15, 0.2) is 88.9 Å². The molecular formula is C28H26Cl2N4O3S. The van der Waals surface area contributed by atoms with Crippen LogP contribution in [0.5, 0.6) is 0 Å². The summed E-state index contributed by atoms with van der Waals surface area (Å²) in [5.74, 6) is -0.590. The van der Waals surface area contributed by atoms with Gasteiger partial charge in [0.2, 0.25) is 0 Å². The van der Waals surface area contributed by atoms with Gasteiger partial charge in [0.1, 0.15) is 6.54 Å². The van der Waals surface area contributed by atoms with E-state index in [-0.39, 0.29) is 4.90 Å². The second-order valence-electron chi connectivity index (χ2n) is 8.69. The van der Waals surface area contributed by atoms with Gasteiger partial charge in [0.05, 0.1) is 32.5 Å². The molecule has 0 radical (unpaired) electrons. The number of benzene rings is 3. The molecule has 0 aliphatic carbocycles. The highest BCUT2D eigenvalue weighted by Crippen LogP contribution is 2.31. The fourth-order valence-corrected chi connectivity index (χ4v) is 5.84. The van der Waals surface area contributed by atoms with E-state index < -0.39 is 22.5 Å². The zero-order valence-electron chi connectivity index (χ0n) is 21.0. The number of hydrogen-bond acceptors (Lipinski definition) is 4. The minimum absolute atomic E-state index is 0.0929. The first-order valence-electron chi connectivity index (χ1n) is 11.7. The fourth-order valence-electron chi connectivity index (χ4n) is 4.04. The molecule has 4 rings (SSSR count). The van der Waals surface area contributed by atoms with E-state index >= 15 is 0 Å². The van der Waals surface area contributed by atoms with E-state index in [1.165, 1.54) is 18.3 Å². The van der Waals surface area contributed by atoms with E-state index in [2.05, 4.69) is 10.5 Å². The molecule has 0 saturated carbocycles. The Labute approximate surface area is 232 Å². The number of nitrogens with one attached hydrogen (secondary N) is 1. The third-order valence-electron chi connectivity index (χ3n) is 5.98. The van der Waals surface area contributed by atoms with Gasteiger partial charge in [-0.25, -0.2) is 13.8 Å². The van der Waals surface area contributed by atoms with Gasteiger partial charge in [-0.3, -0.25) is 9.10 Å². The van der Waals surface area contributed by atoms with Crippen LogP contribution in [-0.4, -0.2) is 31.7 Å². The standard InChI is InChI=1S/C28H26Cl2N4O3S/c1-19-12-14-24(15-13-19)38(36,37)33(23-8-5-4-6-9-23)18-27(35)32-31-17-22-16-20(2)34(21(22)3)26-11-7-10-25(29)28(26)30/h4-17H,18H2,1-3H3,(H,32,35)/b31-17+. The van der Waals surface area contributed by atoms with E-state index in [1.807, 2.05) is 43.5 Å². The maximum Gasteiger partial charge on any atom is 0.264 e. The lowest BCUT2D eigenvalue weighted by Gasteiger charge is -2.23. The number of rotatable bonds is 8. The highest BCUT2D eigenvalue weighted by molar-refractivity contribution is 7.92. The molecule has 0 spiro atoms. The molecule has 0 aliphatic heterocycles. The summed E-state index contributed by atoms with van der Waals surface area (Å²) in [6.45, 7) is 5.25. The van der Waals surface area contributed by atoms with Crippen LogP contribution < -0.4 is 9.73 Å². The van der Waals surface area contributed by atoms with Gasteiger partial charge in [0.25, 0.3) is 15.9 Å². The smallest absolute Gasteiger partial charge is 0.264 e. The van der Waals surface area contributed by atoms with Crippen LogP contribution in [0.4, 0.5) is 5.69 Å². The molecule has 0 atom stereocenters. The summed E-state index contributed by atoms with van der Waals surface area (Å²) in [4.78, 5) is 12.9. The van der Waals surface area contributed by atoms with Gasteiger partial charge in [-0.1, -0.05) is 65.2 Å². The molecule has 1 heterocycles. The average molecular weight is 570 g/mol. The van der Waals surface area contributed by atoms with Crippen molar-refractivity contribution in [1.82, 2.24) is 9.99 Å². The van der Waals surface area contributed by atoms with Gasteiger partial charge in [-0.05, 0) is 63.2 Å². The summed E-state index contributed by atoms with van der Waals surface area (Å²) in [6.07, 6.45) is 1.51.